The van der Waals surface area contributed by atoms with Crippen molar-refractivity contribution in [2.75, 3.05) is 0 Å². The van der Waals surface area contributed by atoms with Crippen molar-refractivity contribution in [3.63, 3.8) is 0 Å². The fourth-order valence-corrected chi connectivity index (χ4v) is 3.38. The Morgan fingerprint density at radius 1 is 1.46 bits per heavy atom. The largest absolute Gasteiger partial charge is 0.326 e. The first-order valence-electron chi connectivity index (χ1n) is 4.78. The van der Waals surface area contributed by atoms with Crippen LogP contribution in [-0.2, 0) is 6.54 Å². The molecule has 3 heteroatoms. The van der Waals surface area contributed by atoms with Crippen LogP contribution < -0.4 is 5.73 Å². The monoisotopic (exact) mass is 215 g/mol. The summed E-state index contributed by atoms with van der Waals surface area (Å²) in [5.41, 5.74) is 8.30. The molecular weight excluding hydrogens is 202 g/mol. The minimum atomic E-state index is 0.591. The van der Waals surface area contributed by atoms with Crippen molar-refractivity contribution in [1.29, 1.82) is 0 Å². The molecule has 0 saturated heterocycles. The zero-order valence-electron chi connectivity index (χ0n) is 7.55. The van der Waals surface area contributed by atoms with E-state index < -0.39 is 0 Å². The van der Waals surface area contributed by atoms with Crippen LogP contribution in [0.3, 0.4) is 0 Å². The number of rotatable bonds is 2. The third-order valence-corrected chi connectivity index (χ3v) is 4.19. The molecule has 1 aliphatic rings. The Morgan fingerprint density at radius 3 is 2.77 bits per heavy atom. The number of halogens is 1. The van der Waals surface area contributed by atoms with Gasteiger partial charge in [0.25, 0.3) is 0 Å². The van der Waals surface area contributed by atoms with E-state index in [1.807, 2.05) is 0 Å². The Hall–Kier alpha value is -0.0500. The second-order valence-corrected chi connectivity index (χ2v) is 5.11. The molecule has 0 radical (unpaired) electrons. The predicted molar refractivity (Wildman–Crippen MR) is 58.4 cm³/mol. The van der Waals surface area contributed by atoms with Gasteiger partial charge in [0.15, 0.2) is 0 Å². The lowest BCUT2D eigenvalue weighted by atomic mass is 9.97. The summed E-state index contributed by atoms with van der Waals surface area (Å²) in [6, 6.07) is 0. The molecule has 13 heavy (non-hydrogen) atoms. The smallest absolute Gasteiger partial charge is 0.0976 e. The Labute approximate surface area is 87.9 Å². The average Bonchev–Trinajstić information content (AvgIpc) is 2.71. The SMILES string of the molecule is NCc1c(C2CCCC2)csc1Cl. The summed E-state index contributed by atoms with van der Waals surface area (Å²) in [6.45, 7) is 0.591. The van der Waals surface area contributed by atoms with E-state index in [-0.39, 0.29) is 0 Å². The van der Waals surface area contributed by atoms with Crippen molar-refractivity contribution in [1.82, 2.24) is 0 Å². The maximum Gasteiger partial charge on any atom is 0.0976 e. The summed E-state index contributed by atoms with van der Waals surface area (Å²) >= 11 is 7.69. The number of thiophene rings is 1. The molecule has 1 aliphatic carbocycles. The first kappa shape index (κ1) is 9.50. The molecule has 1 aromatic rings. The van der Waals surface area contributed by atoms with E-state index in [1.54, 1.807) is 11.3 Å². The van der Waals surface area contributed by atoms with Crippen molar-refractivity contribution in [3.8, 4) is 0 Å². The Kier molecular flexibility index (Phi) is 2.92. The van der Waals surface area contributed by atoms with Crippen molar-refractivity contribution in [2.24, 2.45) is 5.73 Å². The predicted octanol–water partition coefficient (Wildman–Crippen LogP) is 3.52. The van der Waals surface area contributed by atoms with Crippen LogP contribution >= 0.6 is 22.9 Å². The van der Waals surface area contributed by atoms with E-state index in [0.717, 1.165) is 10.3 Å². The van der Waals surface area contributed by atoms with E-state index in [0.29, 0.717) is 6.54 Å². The zero-order valence-corrected chi connectivity index (χ0v) is 9.13. The average molecular weight is 216 g/mol. The molecule has 0 aliphatic heterocycles. The molecule has 0 unspecified atom stereocenters. The van der Waals surface area contributed by atoms with Gasteiger partial charge in [-0.3, -0.25) is 0 Å². The maximum absolute atomic E-state index is 6.06. The standard InChI is InChI=1S/C10H14ClNS/c11-10-8(5-12)9(6-13-10)7-3-1-2-4-7/h6-7H,1-5,12H2. The number of hydrogen-bond donors (Lipinski definition) is 1. The van der Waals surface area contributed by atoms with Crippen molar-refractivity contribution in [2.45, 2.75) is 38.1 Å². The molecule has 2 N–H and O–H groups in total. The molecule has 0 spiro atoms. The Bertz CT molecular complexity index is 289. The van der Waals surface area contributed by atoms with E-state index in [9.17, 15) is 0 Å². The minimum Gasteiger partial charge on any atom is -0.326 e. The fraction of sp³-hybridized carbons (Fsp3) is 0.600. The van der Waals surface area contributed by atoms with Crippen LogP contribution in [-0.4, -0.2) is 0 Å². The van der Waals surface area contributed by atoms with Gasteiger partial charge in [-0.05, 0) is 35.3 Å². The van der Waals surface area contributed by atoms with Gasteiger partial charge in [-0.1, -0.05) is 24.4 Å². The Balaban J connectivity index is 2.27. The third-order valence-electron chi connectivity index (χ3n) is 2.87. The molecular formula is C10H14ClNS. The van der Waals surface area contributed by atoms with Gasteiger partial charge < -0.3 is 5.73 Å². The van der Waals surface area contributed by atoms with Gasteiger partial charge >= 0.3 is 0 Å². The highest BCUT2D eigenvalue weighted by molar-refractivity contribution is 7.14. The molecule has 1 aromatic heterocycles. The summed E-state index contributed by atoms with van der Waals surface area (Å²) < 4.78 is 0.893. The summed E-state index contributed by atoms with van der Waals surface area (Å²) in [5.74, 6) is 0.738. The lowest BCUT2D eigenvalue weighted by Crippen LogP contribution is -2.01. The molecule has 0 aromatic carbocycles. The number of hydrogen-bond acceptors (Lipinski definition) is 2. The van der Waals surface area contributed by atoms with Crippen molar-refractivity contribution >= 4 is 22.9 Å². The van der Waals surface area contributed by atoms with E-state index in [2.05, 4.69) is 5.38 Å². The molecule has 1 heterocycles. The van der Waals surface area contributed by atoms with Gasteiger partial charge in [0.05, 0.1) is 4.34 Å². The molecule has 72 valence electrons. The van der Waals surface area contributed by atoms with E-state index >= 15 is 0 Å². The summed E-state index contributed by atoms with van der Waals surface area (Å²) in [5, 5.41) is 2.19. The topological polar surface area (TPSA) is 26.0 Å². The van der Waals surface area contributed by atoms with Crippen LogP contribution in [0.2, 0.25) is 4.34 Å². The van der Waals surface area contributed by atoms with Crippen molar-refractivity contribution in [3.05, 3.63) is 20.8 Å². The van der Waals surface area contributed by atoms with E-state index in [4.69, 9.17) is 17.3 Å². The highest BCUT2D eigenvalue weighted by atomic mass is 35.5. The van der Waals surface area contributed by atoms with Crippen LogP contribution in [0.15, 0.2) is 5.38 Å². The highest BCUT2D eigenvalue weighted by Gasteiger charge is 2.21. The first-order chi connectivity index (χ1) is 6.33. The van der Waals surface area contributed by atoms with Crippen molar-refractivity contribution < 1.29 is 0 Å². The lowest BCUT2D eigenvalue weighted by Gasteiger charge is -2.09. The van der Waals surface area contributed by atoms with Crippen LogP contribution in [0.25, 0.3) is 0 Å². The highest BCUT2D eigenvalue weighted by Crippen LogP contribution is 2.40. The van der Waals surface area contributed by atoms with Gasteiger partial charge in [-0.15, -0.1) is 11.3 Å². The first-order valence-corrected chi connectivity index (χ1v) is 6.04. The van der Waals surface area contributed by atoms with E-state index in [1.165, 1.54) is 36.8 Å². The second kappa shape index (κ2) is 3.99. The van der Waals surface area contributed by atoms with Crippen LogP contribution in [0.4, 0.5) is 0 Å². The molecule has 0 bridgehead atoms. The van der Waals surface area contributed by atoms with Gasteiger partial charge in [0, 0.05) is 6.54 Å². The van der Waals surface area contributed by atoms with Gasteiger partial charge in [-0.2, -0.15) is 0 Å². The quantitative estimate of drug-likeness (QED) is 0.803. The van der Waals surface area contributed by atoms with Crippen LogP contribution in [0, 0.1) is 0 Å². The second-order valence-electron chi connectivity index (χ2n) is 3.63. The molecule has 1 saturated carbocycles. The summed E-state index contributed by atoms with van der Waals surface area (Å²) in [6.07, 6.45) is 5.37. The van der Waals surface area contributed by atoms with Gasteiger partial charge in [0.2, 0.25) is 0 Å². The molecule has 1 nitrogen and oxygen atoms in total. The lowest BCUT2D eigenvalue weighted by molar-refractivity contribution is 0.716. The molecule has 0 atom stereocenters. The third kappa shape index (κ3) is 1.76. The van der Waals surface area contributed by atoms with Crippen LogP contribution in [0.5, 0.6) is 0 Å². The normalized spacial score (nSPS) is 18.3. The maximum atomic E-state index is 6.06. The molecule has 2 rings (SSSR count). The Morgan fingerprint density at radius 2 is 2.15 bits per heavy atom. The van der Waals surface area contributed by atoms with Gasteiger partial charge in [-0.25, -0.2) is 0 Å². The summed E-state index contributed by atoms with van der Waals surface area (Å²) in [4.78, 5) is 0. The molecule has 1 fully saturated rings. The van der Waals surface area contributed by atoms with Crippen LogP contribution in [0.1, 0.15) is 42.7 Å². The molecule has 0 amide bonds. The summed E-state index contributed by atoms with van der Waals surface area (Å²) in [7, 11) is 0. The zero-order chi connectivity index (χ0) is 9.26. The minimum absolute atomic E-state index is 0.591. The fourth-order valence-electron chi connectivity index (χ4n) is 2.15. The number of nitrogens with two attached hydrogens (primary N) is 1. The van der Waals surface area contributed by atoms with Gasteiger partial charge in [0.1, 0.15) is 0 Å².